The Labute approximate surface area is 283 Å². The van der Waals surface area contributed by atoms with Crippen molar-refractivity contribution in [3.8, 4) is 11.5 Å². The largest absolute Gasteiger partial charge is 0.454 e. The Bertz CT molecular complexity index is 1630. The Balaban J connectivity index is 1.52. The van der Waals surface area contributed by atoms with Crippen molar-refractivity contribution in [3.05, 3.63) is 90.0 Å². The van der Waals surface area contributed by atoms with Gasteiger partial charge in [0.05, 0.1) is 28.8 Å². The first-order chi connectivity index (χ1) is 22.7. The van der Waals surface area contributed by atoms with Gasteiger partial charge in [-0.1, -0.05) is 88.4 Å². The maximum Gasteiger partial charge on any atom is 0.260 e. The number of aliphatic hydroxyl groups is 1. The highest BCUT2D eigenvalue weighted by Crippen LogP contribution is 2.34. The van der Waals surface area contributed by atoms with Crippen LogP contribution in [0.1, 0.15) is 52.2 Å². The topological polar surface area (TPSA) is 146 Å². The highest BCUT2D eigenvalue weighted by molar-refractivity contribution is 7.91. The van der Waals surface area contributed by atoms with Crippen molar-refractivity contribution in [1.82, 2.24) is 21.1 Å². The van der Waals surface area contributed by atoms with E-state index in [4.69, 9.17) is 9.47 Å². The number of ether oxygens (including phenoxy) is 2. The molecule has 0 fully saturated rings. The zero-order chi connectivity index (χ0) is 35.0. The van der Waals surface area contributed by atoms with Gasteiger partial charge in [0.2, 0.25) is 12.7 Å². The molecule has 0 saturated heterocycles. The number of amides is 2. The molecule has 0 spiro atoms. The Morgan fingerprint density at radius 1 is 0.917 bits per heavy atom. The summed E-state index contributed by atoms with van der Waals surface area (Å²) >= 11 is 0. The minimum atomic E-state index is -3.96. The summed E-state index contributed by atoms with van der Waals surface area (Å²) in [4.78, 5) is 27.6. The lowest BCUT2D eigenvalue weighted by Crippen LogP contribution is -2.63. The number of nitrogens with one attached hydrogen (secondary N) is 3. The van der Waals surface area contributed by atoms with Crippen LogP contribution in [-0.2, 0) is 32.4 Å². The zero-order valence-electron chi connectivity index (χ0n) is 28.4. The summed E-state index contributed by atoms with van der Waals surface area (Å²) in [6, 6.07) is 22.4. The van der Waals surface area contributed by atoms with Gasteiger partial charge < -0.3 is 25.2 Å². The molecule has 4 rings (SSSR count). The summed E-state index contributed by atoms with van der Waals surface area (Å²) in [5.74, 6) is -0.569. The number of hydrogen-bond acceptors (Lipinski definition) is 9. The van der Waals surface area contributed by atoms with Crippen molar-refractivity contribution >= 4 is 21.7 Å². The first kappa shape index (κ1) is 36.9. The standard InChI is InChI=1S/C36H48N4O7S/c1-6-28(19-26-13-9-7-10-14-26)40(34(42)33(35(2,3)4)39-32(41)22-37-21-27-15-11-8-12-16-27)38-23-36(5,43)24-48(44,45)29-17-18-30-31(20-29)47-25-46-30/h7-18,20,28,33,37-38,43H,6,19,21-25H2,1-5H3,(H,39,41)/t28?,33?,36-/m1/s1. The Kier molecular flexibility index (Phi) is 12.2. The number of fused-ring (bicyclic) bond motifs is 1. The van der Waals surface area contributed by atoms with Gasteiger partial charge in [-0.3, -0.25) is 14.6 Å². The van der Waals surface area contributed by atoms with E-state index in [2.05, 4.69) is 16.1 Å². The van der Waals surface area contributed by atoms with Crippen LogP contribution in [0.3, 0.4) is 0 Å². The molecule has 12 heteroatoms. The smallest absolute Gasteiger partial charge is 0.260 e. The molecule has 2 amide bonds. The van der Waals surface area contributed by atoms with E-state index in [1.165, 1.54) is 30.1 Å². The summed E-state index contributed by atoms with van der Waals surface area (Å²) in [5, 5.41) is 18.9. The van der Waals surface area contributed by atoms with E-state index >= 15 is 0 Å². The van der Waals surface area contributed by atoms with Crippen molar-refractivity contribution < 1.29 is 32.6 Å². The third-order valence-corrected chi connectivity index (χ3v) is 10.1. The number of hydrazine groups is 1. The first-order valence-corrected chi connectivity index (χ1v) is 17.8. The fourth-order valence-electron chi connectivity index (χ4n) is 5.48. The SMILES string of the molecule is CCC(Cc1ccccc1)N(NC[C@@](C)(O)CS(=O)(=O)c1ccc2c(c1)OCO2)C(=O)C(NC(=O)CNCc1ccccc1)C(C)(C)C. The number of carbonyl (C=O) groups excluding carboxylic acids is 2. The van der Waals surface area contributed by atoms with Crippen molar-refractivity contribution in [2.75, 3.05) is 25.6 Å². The third-order valence-electron chi connectivity index (χ3n) is 8.10. The van der Waals surface area contributed by atoms with E-state index in [9.17, 15) is 23.1 Å². The van der Waals surface area contributed by atoms with Gasteiger partial charge in [0, 0.05) is 19.2 Å². The fraction of sp³-hybridized carbons (Fsp3) is 0.444. The van der Waals surface area contributed by atoms with Crippen LogP contribution in [0, 0.1) is 5.41 Å². The molecule has 0 saturated carbocycles. The monoisotopic (exact) mass is 680 g/mol. The molecule has 48 heavy (non-hydrogen) atoms. The van der Waals surface area contributed by atoms with E-state index in [1.807, 2.05) is 88.4 Å². The van der Waals surface area contributed by atoms with Gasteiger partial charge in [0.15, 0.2) is 21.3 Å². The molecule has 260 valence electrons. The lowest BCUT2D eigenvalue weighted by atomic mass is 9.85. The molecule has 0 aliphatic carbocycles. The number of nitrogens with zero attached hydrogens (tertiary/aromatic N) is 1. The highest BCUT2D eigenvalue weighted by atomic mass is 32.2. The average Bonchev–Trinajstić information content (AvgIpc) is 3.51. The number of rotatable bonds is 16. The van der Waals surface area contributed by atoms with Crippen LogP contribution < -0.4 is 25.5 Å². The van der Waals surface area contributed by atoms with Crippen LogP contribution in [0.15, 0.2) is 83.8 Å². The molecule has 3 atom stereocenters. The van der Waals surface area contributed by atoms with Gasteiger partial charge in [-0.2, -0.15) is 0 Å². The number of carbonyl (C=O) groups is 2. The van der Waals surface area contributed by atoms with Crippen LogP contribution in [0.25, 0.3) is 0 Å². The second-order valence-electron chi connectivity index (χ2n) is 13.5. The van der Waals surface area contributed by atoms with E-state index < -0.39 is 38.6 Å². The normalized spacial score (nSPS) is 15.3. The molecule has 4 N–H and O–H groups in total. The first-order valence-electron chi connectivity index (χ1n) is 16.2. The molecule has 0 radical (unpaired) electrons. The lowest BCUT2D eigenvalue weighted by Gasteiger charge is -2.40. The molecule has 1 aliphatic heterocycles. The Morgan fingerprint density at radius 3 is 2.17 bits per heavy atom. The summed E-state index contributed by atoms with van der Waals surface area (Å²) < 4.78 is 37.4. The van der Waals surface area contributed by atoms with Gasteiger partial charge in [-0.15, -0.1) is 0 Å². The van der Waals surface area contributed by atoms with E-state index in [0.29, 0.717) is 30.9 Å². The molecule has 3 aromatic rings. The Hall–Kier alpha value is -3.97. The number of sulfone groups is 1. The molecular formula is C36H48N4O7S. The predicted octanol–water partition coefficient (Wildman–Crippen LogP) is 3.62. The maximum absolute atomic E-state index is 14.4. The van der Waals surface area contributed by atoms with Gasteiger partial charge in [-0.05, 0) is 48.4 Å². The second-order valence-corrected chi connectivity index (χ2v) is 15.5. The fourth-order valence-corrected chi connectivity index (χ4v) is 7.13. The van der Waals surface area contributed by atoms with E-state index in [0.717, 1.165) is 11.1 Å². The Morgan fingerprint density at radius 2 is 1.54 bits per heavy atom. The molecule has 2 unspecified atom stereocenters. The second kappa shape index (κ2) is 16.0. The van der Waals surface area contributed by atoms with Gasteiger partial charge in [0.25, 0.3) is 5.91 Å². The minimum absolute atomic E-state index is 0.00607. The molecule has 1 heterocycles. The third kappa shape index (κ3) is 10.3. The van der Waals surface area contributed by atoms with Crippen molar-refractivity contribution in [2.45, 2.75) is 76.6 Å². The summed E-state index contributed by atoms with van der Waals surface area (Å²) in [5.41, 5.74) is 2.67. The molecule has 3 aromatic carbocycles. The van der Waals surface area contributed by atoms with Crippen LogP contribution in [-0.4, -0.2) is 73.7 Å². The summed E-state index contributed by atoms with van der Waals surface area (Å²) in [6.07, 6.45) is 1.05. The van der Waals surface area contributed by atoms with Gasteiger partial charge >= 0.3 is 0 Å². The molecular weight excluding hydrogens is 632 g/mol. The van der Waals surface area contributed by atoms with Crippen molar-refractivity contribution in [2.24, 2.45) is 5.41 Å². The summed E-state index contributed by atoms with van der Waals surface area (Å²) in [6.45, 7) is 9.24. The van der Waals surface area contributed by atoms with Crippen LogP contribution >= 0.6 is 0 Å². The van der Waals surface area contributed by atoms with E-state index in [1.54, 1.807) is 0 Å². The quantitative estimate of drug-likeness (QED) is 0.167. The summed E-state index contributed by atoms with van der Waals surface area (Å²) in [7, 11) is -3.96. The van der Waals surface area contributed by atoms with Crippen molar-refractivity contribution in [1.29, 1.82) is 0 Å². The minimum Gasteiger partial charge on any atom is -0.454 e. The predicted molar refractivity (Wildman–Crippen MR) is 184 cm³/mol. The lowest BCUT2D eigenvalue weighted by molar-refractivity contribution is -0.146. The number of benzene rings is 3. The van der Waals surface area contributed by atoms with Crippen LogP contribution in [0.5, 0.6) is 11.5 Å². The average molecular weight is 681 g/mol. The molecule has 0 bridgehead atoms. The van der Waals surface area contributed by atoms with Crippen LogP contribution in [0.2, 0.25) is 0 Å². The van der Waals surface area contributed by atoms with Gasteiger partial charge in [0.1, 0.15) is 6.04 Å². The van der Waals surface area contributed by atoms with Crippen LogP contribution in [0.4, 0.5) is 0 Å². The van der Waals surface area contributed by atoms with Crippen molar-refractivity contribution in [3.63, 3.8) is 0 Å². The molecule has 1 aliphatic rings. The molecule has 11 nitrogen and oxygen atoms in total. The maximum atomic E-state index is 14.4. The zero-order valence-corrected chi connectivity index (χ0v) is 29.2. The van der Waals surface area contributed by atoms with E-state index in [-0.39, 0.29) is 36.7 Å². The van der Waals surface area contributed by atoms with Gasteiger partial charge in [-0.25, -0.2) is 13.8 Å². The number of hydrogen-bond donors (Lipinski definition) is 4. The molecule has 0 aromatic heterocycles. The highest BCUT2D eigenvalue weighted by Gasteiger charge is 2.39.